The van der Waals surface area contributed by atoms with Crippen molar-refractivity contribution in [2.24, 2.45) is 0 Å². The molecule has 0 aromatic heterocycles. The van der Waals surface area contributed by atoms with Crippen LogP contribution < -0.4 is 4.74 Å². The number of halogens is 5. The van der Waals surface area contributed by atoms with Crippen molar-refractivity contribution in [1.29, 1.82) is 0 Å². The van der Waals surface area contributed by atoms with Gasteiger partial charge in [0, 0.05) is 5.56 Å². The Bertz CT molecular complexity index is 429. The molecule has 1 aromatic rings. The lowest BCUT2D eigenvalue weighted by atomic mass is 9.94. The maximum atomic E-state index is 13.4. The molecule has 0 aliphatic rings. The van der Waals surface area contributed by atoms with Gasteiger partial charge >= 0.3 is 6.18 Å². The third kappa shape index (κ3) is 2.40. The fraction of sp³-hybridized carbons (Fsp3) is 0.400. The van der Waals surface area contributed by atoms with E-state index in [1.54, 1.807) is 0 Å². The van der Waals surface area contributed by atoms with Gasteiger partial charge in [-0.15, -0.1) is 0 Å². The van der Waals surface area contributed by atoms with E-state index in [1.807, 2.05) is 0 Å². The molecule has 1 rings (SSSR count). The molecule has 0 heterocycles. The molecule has 17 heavy (non-hydrogen) atoms. The molecule has 0 saturated heterocycles. The highest BCUT2D eigenvalue weighted by Crippen LogP contribution is 2.45. The van der Waals surface area contributed by atoms with Crippen LogP contribution in [0, 0.1) is 5.82 Å². The Labute approximate surface area is 103 Å². The van der Waals surface area contributed by atoms with Crippen molar-refractivity contribution in [2.75, 3.05) is 7.11 Å². The fourth-order valence-corrected chi connectivity index (χ4v) is 2.15. The number of rotatable bonds is 2. The lowest BCUT2D eigenvalue weighted by Crippen LogP contribution is -2.40. The van der Waals surface area contributed by atoms with Crippen molar-refractivity contribution in [1.82, 2.24) is 0 Å². The molecule has 1 atom stereocenters. The van der Waals surface area contributed by atoms with E-state index in [-0.39, 0.29) is 10.2 Å². The van der Waals surface area contributed by atoms with E-state index >= 15 is 0 Å². The summed E-state index contributed by atoms with van der Waals surface area (Å²) in [4.78, 5) is 0. The average Bonchev–Trinajstić information content (AvgIpc) is 2.15. The van der Waals surface area contributed by atoms with Crippen LogP contribution in [0.1, 0.15) is 12.5 Å². The minimum Gasteiger partial charge on any atom is -0.496 e. The van der Waals surface area contributed by atoms with E-state index in [1.165, 1.54) is 7.11 Å². The number of hydrogen-bond acceptors (Lipinski definition) is 2. The first-order chi connectivity index (χ1) is 7.63. The monoisotopic (exact) mass is 316 g/mol. The zero-order chi connectivity index (χ0) is 13.4. The Balaban J connectivity index is 3.50. The quantitative estimate of drug-likeness (QED) is 0.848. The maximum absolute atomic E-state index is 13.4. The van der Waals surface area contributed by atoms with Gasteiger partial charge in [-0.2, -0.15) is 13.2 Å². The summed E-state index contributed by atoms with van der Waals surface area (Å²) in [6.45, 7) is 0.482. The van der Waals surface area contributed by atoms with Gasteiger partial charge in [-0.05, 0) is 35.0 Å². The second-order valence-corrected chi connectivity index (χ2v) is 4.30. The fourth-order valence-electron chi connectivity index (χ4n) is 1.28. The van der Waals surface area contributed by atoms with E-state index in [4.69, 9.17) is 4.74 Å². The van der Waals surface area contributed by atoms with Crippen molar-refractivity contribution >= 4 is 15.9 Å². The number of ether oxygens (including phenoxy) is 1. The highest BCUT2D eigenvalue weighted by atomic mass is 79.9. The second-order valence-electron chi connectivity index (χ2n) is 3.51. The first kappa shape index (κ1) is 14.2. The van der Waals surface area contributed by atoms with Crippen molar-refractivity contribution in [3.8, 4) is 5.75 Å². The van der Waals surface area contributed by atoms with Crippen LogP contribution in [-0.4, -0.2) is 18.4 Å². The number of methoxy groups -OCH3 is 1. The van der Waals surface area contributed by atoms with Crippen LogP contribution in [0.25, 0.3) is 0 Å². The maximum Gasteiger partial charge on any atom is 0.421 e. The molecular weight excluding hydrogens is 308 g/mol. The van der Waals surface area contributed by atoms with E-state index in [9.17, 15) is 22.7 Å². The number of hydrogen-bond donors (Lipinski definition) is 1. The third-order valence-electron chi connectivity index (χ3n) is 2.31. The Morgan fingerprint density at radius 2 is 1.82 bits per heavy atom. The molecule has 0 fully saturated rings. The molecule has 0 bridgehead atoms. The van der Waals surface area contributed by atoms with Gasteiger partial charge in [-0.3, -0.25) is 0 Å². The summed E-state index contributed by atoms with van der Waals surface area (Å²) in [6.07, 6.45) is -5.00. The van der Waals surface area contributed by atoms with Gasteiger partial charge in [0.25, 0.3) is 0 Å². The number of alkyl halides is 3. The van der Waals surface area contributed by atoms with Crippen molar-refractivity contribution in [2.45, 2.75) is 18.7 Å². The van der Waals surface area contributed by atoms with Gasteiger partial charge in [0.2, 0.25) is 0 Å². The predicted octanol–water partition coefficient (Wildman–Crippen LogP) is 3.37. The summed E-state index contributed by atoms with van der Waals surface area (Å²) in [7, 11) is 1.23. The molecule has 0 amide bonds. The van der Waals surface area contributed by atoms with Crippen LogP contribution >= 0.6 is 15.9 Å². The van der Waals surface area contributed by atoms with Crippen LogP contribution in [0.5, 0.6) is 5.75 Å². The minimum atomic E-state index is -5.00. The Kier molecular flexibility index (Phi) is 3.73. The Hall–Kier alpha value is -0.820. The van der Waals surface area contributed by atoms with Gasteiger partial charge < -0.3 is 9.84 Å². The van der Waals surface area contributed by atoms with Crippen LogP contribution in [0.15, 0.2) is 16.6 Å². The van der Waals surface area contributed by atoms with Gasteiger partial charge in [0.05, 0.1) is 11.6 Å². The van der Waals surface area contributed by atoms with Crippen molar-refractivity contribution in [3.63, 3.8) is 0 Å². The summed E-state index contributed by atoms with van der Waals surface area (Å²) < 4.78 is 55.9. The molecule has 0 aliphatic heterocycles. The van der Waals surface area contributed by atoms with E-state index in [0.717, 1.165) is 12.1 Å². The molecule has 1 aromatic carbocycles. The zero-order valence-electron chi connectivity index (χ0n) is 8.90. The van der Waals surface area contributed by atoms with E-state index < -0.39 is 23.2 Å². The molecule has 2 nitrogen and oxygen atoms in total. The van der Waals surface area contributed by atoms with E-state index in [0.29, 0.717) is 6.92 Å². The smallest absolute Gasteiger partial charge is 0.421 e. The topological polar surface area (TPSA) is 29.5 Å². The summed E-state index contributed by atoms with van der Waals surface area (Å²) in [5.74, 6) is -1.16. The van der Waals surface area contributed by atoms with Crippen LogP contribution in [-0.2, 0) is 5.60 Å². The van der Waals surface area contributed by atoms with Crippen molar-refractivity contribution in [3.05, 3.63) is 28.0 Å². The molecule has 0 radical (unpaired) electrons. The van der Waals surface area contributed by atoms with Gasteiger partial charge in [0.15, 0.2) is 5.60 Å². The summed E-state index contributed by atoms with van der Waals surface area (Å²) in [6, 6.07) is 1.97. The highest BCUT2D eigenvalue weighted by molar-refractivity contribution is 9.10. The summed E-state index contributed by atoms with van der Waals surface area (Å²) in [5.41, 5.74) is -4.20. The molecule has 0 spiro atoms. The number of benzene rings is 1. The summed E-state index contributed by atoms with van der Waals surface area (Å²) in [5, 5.41) is 9.45. The van der Waals surface area contributed by atoms with E-state index in [2.05, 4.69) is 15.9 Å². The van der Waals surface area contributed by atoms with Crippen LogP contribution in [0.3, 0.4) is 0 Å². The molecule has 7 heteroatoms. The van der Waals surface area contributed by atoms with Gasteiger partial charge in [0.1, 0.15) is 11.6 Å². The zero-order valence-corrected chi connectivity index (χ0v) is 10.5. The van der Waals surface area contributed by atoms with Crippen molar-refractivity contribution < 1.29 is 27.4 Å². The Morgan fingerprint density at radius 3 is 2.24 bits per heavy atom. The van der Waals surface area contributed by atoms with Crippen LogP contribution in [0.2, 0.25) is 0 Å². The first-order valence-electron chi connectivity index (χ1n) is 4.44. The van der Waals surface area contributed by atoms with Gasteiger partial charge in [-0.1, -0.05) is 0 Å². The first-order valence-corrected chi connectivity index (χ1v) is 5.23. The lowest BCUT2D eigenvalue weighted by Gasteiger charge is -2.28. The molecule has 0 saturated carbocycles. The molecule has 1 unspecified atom stereocenters. The Morgan fingerprint density at radius 1 is 1.29 bits per heavy atom. The molecule has 0 aliphatic carbocycles. The minimum absolute atomic E-state index is 0.00549. The highest BCUT2D eigenvalue weighted by Gasteiger charge is 2.53. The van der Waals surface area contributed by atoms with Crippen LogP contribution in [0.4, 0.5) is 17.6 Å². The standard InChI is InChI=1S/C10H9BrF4O2/c1-9(16,10(13,14)15)7-5(12)3-4-6(17-2)8(7)11/h3-4,16H,1-2H3. The lowest BCUT2D eigenvalue weighted by molar-refractivity contribution is -0.260. The van der Waals surface area contributed by atoms with Gasteiger partial charge in [-0.25, -0.2) is 4.39 Å². The molecule has 1 N–H and O–H groups in total. The largest absolute Gasteiger partial charge is 0.496 e. The third-order valence-corrected chi connectivity index (χ3v) is 3.10. The molecular formula is C10H9BrF4O2. The SMILES string of the molecule is COc1ccc(F)c(C(C)(O)C(F)(F)F)c1Br. The molecule has 96 valence electrons. The second kappa shape index (κ2) is 4.45. The summed E-state index contributed by atoms with van der Waals surface area (Å²) >= 11 is 2.80. The normalized spacial score (nSPS) is 15.5. The average molecular weight is 317 g/mol. The predicted molar refractivity (Wildman–Crippen MR) is 56.3 cm³/mol. The number of aliphatic hydroxyl groups is 1.